The molecule has 0 spiro atoms. The Morgan fingerprint density at radius 1 is 0.857 bits per heavy atom. The molecule has 4 heteroatoms. The van der Waals surface area contributed by atoms with Crippen molar-refractivity contribution in [1.82, 2.24) is 0 Å². The number of carbonyl (C=O) groups excluding carboxylic acids is 2. The molecule has 0 saturated carbocycles. The third-order valence-corrected chi connectivity index (χ3v) is 4.71. The number of hydrogen-bond donors (Lipinski definition) is 0. The summed E-state index contributed by atoms with van der Waals surface area (Å²) in [5, 5.41) is 0. The second-order valence-corrected chi connectivity index (χ2v) is 6.46. The highest BCUT2D eigenvalue weighted by molar-refractivity contribution is 5.96. The number of benzene rings is 2. The van der Waals surface area contributed by atoms with Gasteiger partial charge in [0.05, 0.1) is 13.2 Å². The Hall–Kier alpha value is -2.88. The normalized spacial score (nSPS) is 12.8. The maximum atomic E-state index is 12.9. The number of rotatable bonds is 10. The van der Waals surface area contributed by atoms with E-state index in [1.54, 1.807) is 13.8 Å². The van der Waals surface area contributed by atoms with Gasteiger partial charge in [-0.05, 0) is 37.3 Å². The van der Waals surface area contributed by atoms with Crippen LogP contribution in [-0.4, -0.2) is 25.2 Å². The van der Waals surface area contributed by atoms with E-state index in [0.29, 0.717) is 6.42 Å². The molecule has 0 radical (unpaired) electrons. The Morgan fingerprint density at radius 3 is 1.75 bits per heavy atom. The number of esters is 2. The molecule has 2 aromatic carbocycles. The summed E-state index contributed by atoms with van der Waals surface area (Å²) in [6, 6.07) is 19.5. The molecule has 0 heterocycles. The van der Waals surface area contributed by atoms with Gasteiger partial charge in [0.15, 0.2) is 5.92 Å². The van der Waals surface area contributed by atoms with Crippen molar-refractivity contribution in [2.45, 2.75) is 32.1 Å². The Balaban J connectivity index is 2.62. The van der Waals surface area contributed by atoms with E-state index in [1.807, 2.05) is 66.7 Å². The number of ether oxygens (including phenoxy) is 2. The molecule has 0 aromatic heterocycles. The molecular formula is C24H28O4. The molecule has 4 nitrogen and oxygen atoms in total. The fraction of sp³-hybridized carbons (Fsp3) is 0.333. The molecule has 0 aliphatic rings. The van der Waals surface area contributed by atoms with Crippen LogP contribution >= 0.6 is 0 Å². The van der Waals surface area contributed by atoms with Gasteiger partial charge in [0, 0.05) is 5.92 Å². The van der Waals surface area contributed by atoms with Crippen molar-refractivity contribution >= 4 is 11.9 Å². The Labute approximate surface area is 167 Å². The zero-order valence-corrected chi connectivity index (χ0v) is 16.5. The van der Waals surface area contributed by atoms with Crippen molar-refractivity contribution in [2.24, 2.45) is 5.92 Å². The molecule has 0 N–H and O–H groups in total. The summed E-state index contributed by atoms with van der Waals surface area (Å²) in [6.07, 6.45) is 2.43. The van der Waals surface area contributed by atoms with Crippen molar-refractivity contribution in [3.63, 3.8) is 0 Å². The fourth-order valence-electron chi connectivity index (χ4n) is 3.56. The van der Waals surface area contributed by atoms with Crippen molar-refractivity contribution in [3.8, 4) is 0 Å². The minimum Gasteiger partial charge on any atom is -0.465 e. The molecule has 2 rings (SSSR count). The average Bonchev–Trinajstić information content (AvgIpc) is 2.72. The summed E-state index contributed by atoms with van der Waals surface area (Å²) < 4.78 is 10.5. The van der Waals surface area contributed by atoms with Gasteiger partial charge in [-0.1, -0.05) is 66.7 Å². The number of allylic oxidation sites excluding steroid dienone is 1. The highest BCUT2D eigenvalue weighted by Gasteiger charge is 2.42. The first kappa shape index (κ1) is 21.4. The molecule has 0 amide bonds. The quantitative estimate of drug-likeness (QED) is 0.335. The minimum absolute atomic E-state index is 0.125. The van der Waals surface area contributed by atoms with Gasteiger partial charge >= 0.3 is 11.9 Å². The van der Waals surface area contributed by atoms with Gasteiger partial charge < -0.3 is 9.47 Å². The summed E-state index contributed by atoms with van der Waals surface area (Å²) in [7, 11) is 0. The summed E-state index contributed by atoms with van der Waals surface area (Å²) in [6.45, 7) is 7.76. The van der Waals surface area contributed by atoms with Gasteiger partial charge in [0.1, 0.15) is 0 Å². The second-order valence-electron chi connectivity index (χ2n) is 6.46. The maximum absolute atomic E-state index is 12.9. The molecule has 0 fully saturated rings. The largest absolute Gasteiger partial charge is 0.465 e. The second kappa shape index (κ2) is 11.1. The zero-order valence-electron chi connectivity index (χ0n) is 16.5. The Morgan fingerprint density at radius 2 is 1.32 bits per heavy atom. The van der Waals surface area contributed by atoms with Gasteiger partial charge in [0.2, 0.25) is 0 Å². The minimum atomic E-state index is -1.05. The lowest BCUT2D eigenvalue weighted by molar-refractivity contribution is -0.163. The van der Waals surface area contributed by atoms with Crippen LogP contribution < -0.4 is 0 Å². The van der Waals surface area contributed by atoms with Gasteiger partial charge in [-0.2, -0.15) is 0 Å². The van der Waals surface area contributed by atoms with Crippen LogP contribution in [0.25, 0.3) is 0 Å². The van der Waals surface area contributed by atoms with Crippen molar-refractivity contribution < 1.29 is 19.1 Å². The van der Waals surface area contributed by atoms with E-state index in [4.69, 9.17) is 9.47 Å². The lowest BCUT2D eigenvalue weighted by Crippen LogP contribution is -2.36. The first-order valence-electron chi connectivity index (χ1n) is 9.68. The van der Waals surface area contributed by atoms with Gasteiger partial charge in [-0.15, -0.1) is 6.58 Å². The van der Waals surface area contributed by atoms with Crippen LogP contribution in [-0.2, 0) is 19.1 Å². The smallest absolute Gasteiger partial charge is 0.320 e. The highest BCUT2D eigenvalue weighted by atomic mass is 16.6. The van der Waals surface area contributed by atoms with E-state index < -0.39 is 23.8 Å². The maximum Gasteiger partial charge on any atom is 0.320 e. The predicted molar refractivity (Wildman–Crippen MR) is 110 cm³/mol. The molecule has 0 saturated heterocycles. The molecule has 2 atom stereocenters. The molecular weight excluding hydrogens is 352 g/mol. The van der Waals surface area contributed by atoms with Gasteiger partial charge in [0.25, 0.3) is 0 Å². The third kappa shape index (κ3) is 5.32. The van der Waals surface area contributed by atoms with E-state index in [1.165, 1.54) is 0 Å². The van der Waals surface area contributed by atoms with E-state index in [-0.39, 0.29) is 19.1 Å². The van der Waals surface area contributed by atoms with Gasteiger partial charge in [-0.25, -0.2) is 0 Å². The summed E-state index contributed by atoms with van der Waals surface area (Å²) in [5.41, 5.74) is 1.93. The highest BCUT2D eigenvalue weighted by Crippen LogP contribution is 2.42. The molecule has 28 heavy (non-hydrogen) atoms. The first-order valence-corrected chi connectivity index (χ1v) is 9.68. The van der Waals surface area contributed by atoms with Crippen LogP contribution in [0.2, 0.25) is 0 Å². The average molecular weight is 380 g/mol. The topological polar surface area (TPSA) is 52.6 Å². The van der Waals surface area contributed by atoms with E-state index >= 15 is 0 Å². The van der Waals surface area contributed by atoms with E-state index in [0.717, 1.165) is 11.1 Å². The van der Waals surface area contributed by atoms with E-state index in [2.05, 4.69) is 6.58 Å². The number of hydrogen-bond acceptors (Lipinski definition) is 4. The van der Waals surface area contributed by atoms with Crippen LogP contribution in [0.5, 0.6) is 0 Å². The monoisotopic (exact) mass is 380 g/mol. The van der Waals surface area contributed by atoms with Crippen LogP contribution in [0.1, 0.15) is 43.2 Å². The molecule has 2 aromatic rings. The van der Waals surface area contributed by atoms with Crippen molar-refractivity contribution in [3.05, 3.63) is 84.4 Å². The summed E-state index contributed by atoms with van der Waals surface area (Å²) in [4.78, 5) is 25.7. The van der Waals surface area contributed by atoms with Crippen molar-refractivity contribution in [1.29, 1.82) is 0 Å². The molecule has 0 bridgehead atoms. The van der Waals surface area contributed by atoms with E-state index in [9.17, 15) is 9.59 Å². The van der Waals surface area contributed by atoms with Crippen LogP contribution in [0.15, 0.2) is 73.3 Å². The molecule has 148 valence electrons. The summed E-state index contributed by atoms with van der Waals surface area (Å²) >= 11 is 0. The summed E-state index contributed by atoms with van der Waals surface area (Å²) in [5.74, 6) is -2.72. The Kier molecular flexibility index (Phi) is 8.47. The van der Waals surface area contributed by atoms with Crippen molar-refractivity contribution in [2.75, 3.05) is 13.2 Å². The van der Waals surface area contributed by atoms with Gasteiger partial charge in [-0.3, -0.25) is 9.59 Å². The van der Waals surface area contributed by atoms with Crippen LogP contribution in [0.3, 0.4) is 0 Å². The van der Waals surface area contributed by atoms with Crippen LogP contribution in [0, 0.1) is 5.92 Å². The zero-order chi connectivity index (χ0) is 20.4. The SMILES string of the molecule is C=CCC(c1ccccc1)C(c1ccccc1)C(C(=O)OCC)C(=O)OCC. The standard InChI is InChI=1S/C24H28O4/c1-4-13-20(18-14-9-7-10-15-18)21(19-16-11-8-12-17-19)22(23(25)27-5-2)24(26)28-6-3/h4,7-12,14-17,20-22H,1,5-6,13H2,2-3H3. The lowest BCUT2D eigenvalue weighted by atomic mass is 9.72. The third-order valence-electron chi connectivity index (χ3n) is 4.71. The number of carbonyl (C=O) groups is 2. The predicted octanol–water partition coefficient (Wildman–Crippen LogP) is 4.87. The first-order chi connectivity index (χ1) is 13.6. The lowest BCUT2D eigenvalue weighted by Gasteiger charge is -2.32. The molecule has 0 aliphatic heterocycles. The molecule has 2 unspecified atom stereocenters. The Bertz CT molecular complexity index is 737. The molecule has 0 aliphatic carbocycles. The fourth-order valence-corrected chi connectivity index (χ4v) is 3.56. The van der Waals surface area contributed by atoms with Crippen LogP contribution in [0.4, 0.5) is 0 Å².